The lowest BCUT2D eigenvalue weighted by Crippen LogP contribution is -2.53. The van der Waals surface area contributed by atoms with Crippen molar-refractivity contribution in [3.63, 3.8) is 0 Å². The highest BCUT2D eigenvalue weighted by Crippen LogP contribution is 2.40. The van der Waals surface area contributed by atoms with Crippen LogP contribution >= 0.6 is 0 Å². The quantitative estimate of drug-likeness (QED) is 0.698. The van der Waals surface area contributed by atoms with E-state index in [9.17, 15) is 9.50 Å². The average Bonchev–Trinajstić information content (AvgIpc) is 2.80. The van der Waals surface area contributed by atoms with E-state index in [4.69, 9.17) is 9.47 Å². The van der Waals surface area contributed by atoms with Crippen LogP contribution in [0.4, 0.5) is 10.1 Å². The second-order valence-corrected chi connectivity index (χ2v) is 7.80. The normalized spacial score (nSPS) is 18.8. The largest absolute Gasteiger partial charge is 0.486 e. The number of rotatable bonds is 4. The molecular weight excluding hydrogens is 397 g/mol. The van der Waals surface area contributed by atoms with Crippen molar-refractivity contribution in [3.05, 3.63) is 72.3 Å². The Bertz CT molecular complexity index is 1060. The third-order valence-corrected chi connectivity index (χ3v) is 5.67. The molecule has 2 aliphatic rings. The SMILES string of the molecule is OC1CN(Cc2cncc(-c3ccc(F)cc3)c2)CCN1c1cccc2c1OCCO2. The molecule has 0 spiro atoms. The lowest BCUT2D eigenvalue weighted by atomic mass is 10.1. The van der Waals surface area contributed by atoms with Crippen LogP contribution in [0.25, 0.3) is 11.1 Å². The molecule has 160 valence electrons. The zero-order valence-corrected chi connectivity index (χ0v) is 17.1. The summed E-state index contributed by atoms with van der Waals surface area (Å²) in [4.78, 5) is 8.53. The number of pyridine rings is 1. The van der Waals surface area contributed by atoms with Gasteiger partial charge in [-0.15, -0.1) is 0 Å². The first kappa shape index (κ1) is 19.8. The van der Waals surface area contributed by atoms with E-state index in [1.165, 1.54) is 12.1 Å². The Balaban J connectivity index is 1.28. The van der Waals surface area contributed by atoms with E-state index >= 15 is 0 Å². The maximum absolute atomic E-state index is 13.2. The van der Waals surface area contributed by atoms with Gasteiger partial charge in [-0.2, -0.15) is 0 Å². The van der Waals surface area contributed by atoms with Gasteiger partial charge in [-0.1, -0.05) is 18.2 Å². The molecule has 2 aliphatic heterocycles. The Hall–Kier alpha value is -3.16. The number of nitrogens with zero attached hydrogens (tertiary/aromatic N) is 3. The number of piperazine rings is 1. The summed E-state index contributed by atoms with van der Waals surface area (Å²) in [5.74, 6) is 1.18. The Labute approximate surface area is 180 Å². The maximum atomic E-state index is 13.2. The van der Waals surface area contributed by atoms with E-state index in [2.05, 4.69) is 16.0 Å². The number of fused-ring (bicyclic) bond motifs is 1. The minimum absolute atomic E-state index is 0.253. The predicted octanol–water partition coefficient (Wildman–Crippen LogP) is 3.30. The summed E-state index contributed by atoms with van der Waals surface area (Å²) in [6.07, 6.45) is 2.97. The van der Waals surface area contributed by atoms with Gasteiger partial charge in [0.2, 0.25) is 0 Å². The molecule has 1 aromatic heterocycles. The molecule has 2 aromatic carbocycles. The summed E-state index contributed by atoms with van der Waals surface area (Å²) in [6.45, 7) is 3.70. The van der Waals surface area contributed by atoms with Crippen LogP contribution in [-0.2, 0) is 6.54 Å². The van der Waals surface area contributed by atoms with Crippen LogP contribution in [-0.4, -0.2) is 54.1 Å². The smallest absolute Gasteiger partial charge is 0.184 e. The number of aromatic nitrogens is 1. The molecule has 1 saturated heterocycles. The van der Waals surface area contributed by atoms with Gasteiger partial charge in [0.1, 0.15) is 25.3 Å². The van der Waals surface area contributed by atoms with Crippen molar-refractivity contribution in [2.75, 3.05) is 37.7 Å². The van der Waals surface area contributed by atoms with Crippen molar-refractivity contribution in [1.82, 2.24) is 9.88 Å². The minimum Gasteiger partial charge on any atom is -0.486 e. The molecule has 1 atom stereocenters. The molecule has 0 radical (unpaired) electrons. The first-order valence-corrected chi connectivity index (χ1v) is 10.4. The number of hydrogen-bond acceptors (Lipinski definition) is 6. The van der Waals surface area contributed by atoms with Crippen molar-refractivity contribution in [3.8, 4) is 22.6 Å². The monoisotopic (exact) mass is 421 g/mol. The topological polar surface area (TPSA) is 58.1 Å². The van der Waals surface area contributed by atoms with E-state index in [1.807, 2.05) is 29.3 Å². The molecule has 31 heavy (non-hydrogen) atoms. The Morgan fingerprint density at radius 3 is 2.68 bits per heavy atom. The lowest BCUT2D eigenvalue weighted by molar-refractivity contribution is 0.0767. The fourth-order valence-corrected chi connectivity index (χ4v) is 4.16. The Kier molecular flexibility index (Phi) is 5.44. The van der Waals surface area contributed by atoms with E-state index in [-0.39, 0.29) is 5.82 Å². The summed E-state index contributed by atoms with van der Waals surface area (Å²) in [6, 6.07) is 14.3. The third-order valence-electron chi connectivity index (χ3n) is 5.67. The van der Waals surface area contributed by atoms with Crippen LogP contribution in [0.5, 0.6) is 11.5 Å². The zero-order chi connectivity index (χ0) is 21.2. The van der Waals surface area contributed by atoms with Crippen molar-refractivity contribution < 1.29 is 19.0 Å². The van der Waals surface area contributed by atoms with Crippen molar-refractivity contribution >= 4 is 5.69 Å². The average molecular weight is 421 g/mol. The Morgan fingerprint density at radius 2 is 1.84 bits per heavy atom. The van der Waals surface area contributed by atoms with Gasteiger partial charge in [-0.25, -0.2) is 4.39 Å². The number of aliphatic hydroxyl groups excluding tert-OH is 1. The molecule has 0 amide bonds. The fraction of sp³-hybridized carbons (Fsp3) is 0.292. The van der Waals surface area contributed by atoms with Gasteiger partial charge in [0, 0.05) is 44.1 Å². The number of aliphatic hydroxyl groups is 1. The third kappa shape index (κ3) is 4.19. The number of hydrogen-bond donors (Lipinski definition) is 1. The molecule has 0 aliphatic carbocycles. The van der Waals surface area contributed by atoms with Crippen molar-refractivity contribution in [2.24, 2.45) is 0 Å². The summed E-state index contributed by atoms with van der Waals surface area (Å²) >= 11 is 0. The first-order valence-electron chi connectivity index (χ1n) is 10.4. The van der Waals surface area contributed by atoms with Crippen LogP contribution in [0.2, 0.25) is 0 Å². The minimum atomic E-state index is -0.654. The highest BCUT2D eigenvalue weighted by Gasteiger charge is 2.29. The molecule has 0 bridgehead atoms. The molecule has 5 rings (SSSR count). The van der Waals surface area contributed by atoms with Gasteiger partial charge in [-0.3, -0.25) is 9.88 Å². The summed E-state index contributed by atoms with van der Waals surface area (Å²) < 4.78 is 24.7. The summed E-state index contributed by atoms with van der Waals surface area (Å²) in [5.41, 5.74) is 3.79. The molecule has 1 N–H and O–H groups in total. The van der Waals surface area contributed by atoms with Gasteiger partial charge in [-0.05, 0) is 41.5 Å². The highest BCUT2D eigenvalue weighted by atomic mass is 19.1. The van der Waals surface area contributed by atoms with Crippen LogP contribution in [0, 0.1) is 5.82 Å². The fourth-order valence-electron chi connectivity index (χ4n) is 4.16. The van der Waals surface area contributed by atoms with Gasteiger partial charge in [0.05, 0.1) is 5.69 Å². The highest BCUT2D eigenvalue weighted by molar-refractivity contribution is 5.66. The van der Waals surface area contributed by atoms with E-state index in [0.29, 0.717) is 38.6 Å². The predicted molar refractivity (Wildman–Crippen MR) is 116 cm³/mol. The zero-order valence-electron chi connectivity index (χ0n) is 17.1. The summed E-state index contributed by atoms with van der Waals surface area (Å²) in [5, 5.41) is 10.9. The van der Waals surface area contributed by atoms with E-state index < -0.39 is 6.23 Å². The van der Waals surface area contributed by atoms with Crippen molar-refractivity contribution in [1.29, 1.82) is 0 Å². The molecule has 1 fully saturated rings. The standard InChI is InChI=1S/C24H24FN3O3/c25-20-6-4-18(5-7-20)19-12-17(13-26-14-19)15-27-8-9-28(23(29)16-27)21-2-1-3-22-24(21)31-11-10-30-22/h1-7,12-14,23,29H,8-11,15-16H2. The van der Waals surface area contributed by atoms with Crippen LogP contribution in [0.15, 0.2) is 60.9 Å². The summed E-state index contributed by atoms with van der Waals surface area (Å²) in [7, 11) is 0. The number of anilines is 1. The molecular formula is C24H24FN3O3. The lowest BCUT2D eigenvalue weighted by Gasteiger charge is -2.41. The molecule has 3 aromatic rings. The van der Waals surface area contributed by atoms with Gasteiger partial charge >= 0.3 is 0 Å². The molecule has 7 heteroatoms. The van der Waals surface area contributed by atoms with Crippen LogP contribution in [0.1, 0.15) is 5.56 Å². The Morgan fingerprint density at radius 1 is 1.00 bits per heavy atom. The number of β-amino-alcohol motifs (C(OH)–C–C–N with tert-alkyl or cyclic N) is 1. The van der Waals surface area contributed by atoms with E-state index in [0.717, 1.165) is 34.7 Å². The second-order valence-electron chi connectivity index (χ2n) is 7.80. The van der Waals surface area contributed by atoms with Crippen LogP contribution < -0.4 is 14.4 Å². The number of ether oxygens (including phenoxy) is 2. The van der Waals surface area contributed by atoms with Crippen molar-refractivity contribution in [2.45, 2.75) is 12.8 Å². The van der Waals surface area contributed by atoms with Crippen LogP contribution in [0.3, 0.4) is 0 Å². The number of halogens is 1. The van der Waals surface area contributed by atoms with Gasteiger partial charge in [0.15, 0.2) is 11.5 Å². The van der Waals surface area contributed by atoms with Gasteiger partial charge < -0.3 is 19.5 Å². The second kappa shape index (κ2) is 8.53. The van der Waals surface area contributed by atoms with Gasteiger partial charge in [0.25, 0.3) is 0 Å². The molecule has 0 saturated carbocycles. The number of benzene rings is 2. The molecule has 1 unspecified atom stereocenters. The molecule has 6 nitrogen and oxygen atoms in total. The van der Waals surface area contributed by atoms with E-state index in [1.54, 1.807) is 18.3 Å². The molecule has 3 heterocycles. The first-order chi connectivity index (χ1) is 15.2. The number of para-hydroxylation sites is 1. The maximum Gasteiger partial charge on any atom is 0.184 e.